The lowest BCUT2D eigenvalue weighted by atomic mass is 10.1. The molecule has 0 saturated carbocycles. The number of rotatable bonds is 2. The average Bonchev–Trinajstić information content (AvgIpc) is 2.64. The van der Waals surface area contributed by atoms with Crippen LogP contribution in [0.4, 0.5) is 0 Å². The zero-order chi connectivity index (χ0) is 13.1. The Morgan fingerprint density at radius 2 is 2.16 bits per heavy atom. The molecule has 0 fully saturated rings. The fourth-order valence-corrected chi connectivity index (χ4v) is 1.92. The van der Waals surface area contributed by atoms with Crippen LogP contribution in [-0.2, 0) is 0 Å². The molecule has 92 valence electrons. The quantitative estimate of drug-likeness (QED) is 0.652. The van der Waals surface area contributed by atoms with Crippen LogP contribution in [0.25, 0.3) is 12.2 Å². The van der Waals surface area contributed by atoms with Gasteiger partial charge in [0, 0.05) is 11.8 Å². The molecule has 0 unspecified atom stereocenters. The molecule has 3 rings (SSSR count). The van der Waals surface area contributed by atoms with Crippen LogP contribution in [0, 0.1) is 12.3 Å². The summed E-state index contributed by atoms with van der Waals surface area (Å²) in [6, 6.07) is 9.44. The zero-order valence-corrected chi connectivity index (χ0v) is 10.2. The van der Waals surface area contributed by atoms with Gasteiger partial charge in [0.25, 0.3) is 0 Å². The van der Waals surface area contributed by atoms with Gasteiger partial charge < -0.3 is 9.47 Å². The highest BCUT2D eigenvalue weighted by molar-refractivity contribution is 5.79. The Kier molecular flexibility index (Phi) is 2.91. The molecule has 0 aliphatic carbocycles. The van der Waals surface area contributed by atoms with E-state index in [0.29, 0.717) is 17.4 Å². The highest BCUT2D eigenvalue weighted by Crippen LogP contribution is 2.37. The monoisotopic (exact) mass is 249 g/mol. The van der Waals surface area contributed by atoms with E-state index in [1.807, 2.05) is 42.5 Å². The molecule has 1 aromatic heterocycles. The first-order valence-electron chi connectivity index (χ1n) is 5.89. The fourth-order valence-electron chi connectivity index (χ4n) is 1.92. The first-order chi connectivity index (χ1) is 9.38. The predicted octanol–water partition coefficient (Wildman–Crippen LogP) is 3.37. The number of hydrogen-bond acceptors (Lipinski definition) is 3. The maximum absolute atomic E-state index is 5.82. The smallest absolute Gasteiger partial charge is 0.226 e. The molecule has 3 heteroatoms. The summed E-state index contributed by atoms with van der Waals surface area (Å²) in [6.45, 7) is 0.232. The summed E-state index contributed by atoms with van der Waals surface area (Å²) in [6.07, 6.45) is 10.8. The minimum Gasteiger partial charge on any atom is -0.480 e. The first kappa shape index (κ1) is 11.4. The van der Waals surface area contributed by atoms with Gasteiger partial charge in [0.2, 0.25) is 5.88 Å². The van der Waals surface area contributed by atoms with Crippen molar-refractivity contribution in [3.05, 3.63) is 47.7 Å². The van der Waals surface area contributed by atoms with Crippen LogP contribution in [0.2, 0.25) is 0 Å². The molecule has 0 amide bonds. The summed E-state index contributed by atoms with van der Waals surface area (Å²) in [5.41, 5.74) is 1.80. The molecule has 0 atom stereocenters. The van der Waals surface area contributed by atoms with Crippen LogP contribution >= 0.6 is 0 Å². The molecule has 0 N–H and O–H groups in total. The Morgan fingerprint density at radius 1 is 1.21 bits per heavy atom. The number of aromatic nitrogens is 1. The molecule has 0 bridgehead atoms. The van der Waals surface area contributed by atoms with Gasteiger partial charge in [0.1, 0.15) is 18.1 Å². The third-order valence-electron chi connectivity index (χ3n) is 2.77. The van der Waals surface area contributed by atoms with Gasteiger partial charge in [0.05, 0.1) is 5.56 Å². The molecule has 0 spiro atoms. The van der Waals surface area contributed by atoms with E-state index in [4.69, 9.17) is 15.9 Å². The van der Waals surface area contributed by atoms with Gasteiger partial charge in [-0.2, -0.15) is 0 Å². The van der Waals surface area contributed by atoms with Crippen molar-refractivity contribution in [2.75, 3.05) is 6.61 Å². The highest BCUT2D eigenvalue weighted by Gasteiger charge is 2.14. The van der Waals surface area contributed by atoms with Crippen molar-refractivity contribution in [2.24, 2.45) is 0 Å². The van der Waals surface area contributed by atoms with Crippen LogP contribution < -0.4 is 9.47 Å². The van der Waals surface area contributed by atoms with E-state index in [2.05, 4.69) is 10.9 Å². The molecule has 19 heavy (non-hydrogen) atoms. The average molecular weight is 249 g/mol. The maximum Gasteiger partial charge on any atom is 0.226 e. The molecule has 1 aliphatic rings. The van der Waals surface area contributed by atoms with E-state index in [9.17, 15) is 0 Å². The van der Waals surface area contributed by atoms with Crippen molar-refractivity contribution in [2.45, 2.75) is 0 Å². The Bertz CT molecular complexity index is 683. The second kappa shape index (κ2) is 4.87. The van der Waals surface area contributed by atoms with Crippen LogP contribution in [0.3, 0.4) is 0 Å². The lowest BCUT2D eigenvalue weighted by Crippen LogP contribution is -1.97. The van der Waals surface area contributed by atoms with Gasteiger partial charge in [0.15, 0.2) is 0 Å². The van der Waals surface area contributed by atoms with E-state index in [0.717, 1.165) is 11.1 Å². The van der Waals surface area contributed by atoms with Crippen molar-refractivity contribution < 1.29 is 9.47 Å². The number of pyridine rings is 1. The van der Waals surface area contributed by atoms with Gasteiger partial charge in [-0.25, -0.2) is 4.98 Å². The Morgan fingerprint density at radius 3 is 3.05 bits per heavy atom. The standard InChI is InChI=1S/C16H11NO2/c1-2-11-18-14-6-3-7-15-13(14)9-8-12-5-4-10-17-16(12)19-15/h1,3-10H,11H2. The van der Waals surface area contributed by atoms with Gasteiger partial charge in [-0.05, 0) is 36.4 Å². The normalized spacial score (nSPS) is 11.5. The van der Waals surface area contributed by atoms with Crippen molar-refractivity contribution in [1.29, 1.82) is 0 Å². The largest absolute Gasteiger partial charge is 0.480 e. The second-order valence-electron chi connectivity index (χ2n) is 3.99. The SMILES string of the molecule is C#CCOc1cccc2c1C=Cc1cccnc1O2. The molecule has 2 heterocycles. The Hall–Kier alpha value is -2.73. The summed E-state index contributed by atoms with van der Waals surface area (Å²) < 4.78 is 11.3. The summed E-state index contributed by atoms with van der Waals surface area (Å²) >= 11 is 0. The van der Waals surface area contributed by atoms with Crippen LogP contribution in [0.1, 0.15) is 11.1 Å². The number of ether oxygens (including phenoxy) is 2. The topological polar surface area (TPSA) is 31.4 Å². The molecule has 3 nitrogen and oxygen atoms in total. The molecule has 2 aromatic rings. The minimum atomic E-state index is 0.232. The van der Waals surface area contributed by atoms with Crippen molar-refractivity contribution >= 4 is 12.2 Å². The van der Waals surface area contributed by atoms with E-state index in [1.165, 1.54) is 0 Å². The van der Waals surface area contributed by atoms with Crippen LogP contribution in [-0.4, -0.2) is 11.6 Å². The molecule has 1 aliphatic heterocycles. The number of terminal acetylenes is 1. The predicted molar refractivity (Wildman–Crippen MR) is 74.0 cm³/mol. The first-order valence-corrected chi connectivity index (χ1v) is 5.89. The van der Waals surface area contributed by atoms with Crippen LogP contribution in [0.15, 0.2) is 36.5 Å². The van der Waals surface area contributed by atoms with E-state index < -0.39 is 0 Å². The van der Waals surface area contributed by atoms with Gasteiger partial charge in [-0.1, -0.05) is 12.0 Å². The summed E-state index contributed by atoms with van der Waals surface area (Å²) in [5.74, 6) is 4.46. The van der Waals surface area contributed by atoms with Gasteiger partial charge in [-0.3, -0.25) is 0 Å². The van der Waals surface area contributed by atoms with E-state index in [-0.39, 0.29) is 6.61 Å². The molecule has 0 saturated heterocycles. The number of nitrogens with zero attached hydrogens (tertiary/aromatic N) is 1. The maximum atomic E-state index is 5.82. The summed E-state index contributed by atoms with van der Waals surface area (Å²) in [4.78, 5) is 4.22. The number of hydrogen-bond donors (Lipinski definition) is 0. The third-order valence-corrected chi connectivity index (χ3v) is 2.77. The Balaban J connectivity index is 2.06. The molecular weight excluding hydrogens is 238 g/mol. The van der Waals surface area contributed by atoms with Crippen molar-refractivity contribution in [3.63, 3.8) is 0 Å². The van der Waals surface area contributed by atoms with Gasteiger partial charge >= 0.3 is 0 Å². The summed E-state index contributed by atoms with van der Waals surface area (Å²) in [5, 5.41) is 0. The lowest BCUT2D eigenvalue weighted by molar-refractivity contribution is 0.366. The van der Waals surface area contributed by atoms with Crippen molar-refractivity contribution in [1.82, 2.24) is 4.98 Å². The number of benzene rings is 1. The molecule has 1 aromatic carbocycles. The van der Waals surface area contributed by atoms with Gasteiger partial charge in [-0.15, -0.1) is 6.42 Å². The Labute approximate surface area is 111 Å². The third kappa shape index (κ3) is 2.16. The molecular formula is C16H11NO2. The fraction of sp³-hybridized carbons (Fsp3) is 0.0625. The molecule has 0 radical (unpaired) electrons. The second-order valence-corrected chi connectivity index (χ2v) is 3.99. The van der Waals surface area contributed by atoms with Crippen molar-refractivity contribution in [3.8, 4) is 29.7 Å². The van der Waals surface area contributed by atoms with Crippen LogP contribution in [0.5, 0.6) is 17.4 Å². The summed E-state index contributed by atoms with van der Waals surface area (Å²) in [7, 11) is 0. The zero-order valence-electron chi connectivity index (χ0n) is 10.2. The lowest BCUT2D eigenvalue weighted by Gasteiger charge is -2.11. The van der Waals surface area contributed by atoms with E-state index >= 15 is 0 Å². The minimum absolute atomic E-state index is 0.232. The highest BCUT2D eigenvalue weighted by atomic mass is 16.5. The number of fused-ring (bicyclic) bond motifs is 2. The van der Waals surface area contributed by atoms with E-state index in [1.54, 1.807) is 6.20 Å².